The van der Waals surface area contributed by atoms with E-state index in [0.29, 0.717) is 6.04 Å². The van der Waals surface area contributed by atoms with Gasteiger partial charge in [-0.25, -0.2) is 4.98 Å². The van der Waals surface area contributed by atoms with Gasteiger partial charge in [0.25, 0.3) is 0 Å². The summed E-state index contributed by atoms with van der Waals surface area (Å²) in [6.07, 6.45) is 9.75. The molecule has 0 aliphatic carbocycles. The third-order valence-corrected chi connectivity index (χ3v) is 3.81. The van der Waals surface area contributed by atoms with E-state index in [2.05, 4.69) is 38.8 Å². The first kappa shape index (κ1) is 14.2. The SMILES string of the molecule is CN(C)Cc1cncc(C2CCCN2Cc2cnc[nH]2)n1. The van der Waals surface area contributed by atoms with Crippen molar-refractivity contribution in [2.75, 3.05) is 20.6 Å². The lowest BCUT2D eigenvalue weighted by Gasteiger charge is -2.23. The molecule has 112 valence electrons. The lowest BCUT2D eigenvalue weighted by atomic mass is 10.1. The Labute approximate surface area is 125 Å². The normalized spacial score (nSPS) is 19.5. The number of aromatic nitrogens is 4. The first-order valence-corrected chi connectivity index (χ1v) is 7.39. The van der Waals surface area contributed by atoms with Crippen molar-refractivity contribution in [3.8, 4) is 0 Å². The zero-order chi connectivity index (χ0) is 14.7. The van der Waals surface area contributed by atoms with Gasteiger partial charge in [-0.2, -0.15) is 0 Å². The van der Waals surface area contributed by atoms with E-state index in [4.69, 9.17) is 4.98 Å². The molecule has 1 atom stereocenters. The summed E-state index contributed by atoms with van der Waals surface area (Å²) in [7, 11) is 4.10. The summed E-state index contributed by atoms with van der Waals surface area (Å²) < 4.78 is 0. The largest absolute Gasteiger partial charge is 0.347 e. The minimum absolute atomic E-state index is 0.364. The van der Waals surface area contributed by atoms with Crippen LogP contribution >= 0.6 is 0 Å². The molecule has 21 heavy (non-hydrogen) atoms. The number of nitrogens with zero attached hydrogens (tertiary/aromatic N) is 5. The Balaban J connectivity index is 1.75. The van der Waals surface area contributed by atoms with Crippen molar-refractivity contribution in [1.29, 1.82) is 0 Å². The highest BCUT2D eigenvalue weighted by molar-refractivity contribution is 5.10. The molecule has 0 radical (unpaired) electrons. The molecule has 1 aliphatic rings. The van der Waals surface area contributed by atoms with E-state index in [1.54, 1.807) is 6.33 Å². The van der Waals surface area contributed by atoms with Crippen molar-refractivity contribution in [2.24, 2.45) is 0 Å². The van der Waals surface area contributed by atoms with Gasteiger partial charge in [-0.3, -0.25) is 14.9 Å². The van der Waals surface area contributed by atoms with Crippen LogP contribution in [0.15, 0.2) is 24.9 Å². The van der Waals surface area contributed by atoms with Gasteiger partial charge in [-0.05, 0) is 33.5 Å². The predicted molar refractivity (Wildman–Crippen MR) is 80.4 cm³/mol. The summed E-state index contributed by atoms with van der Waals surface area (Å²) in [5.74, 6) is 0. The van der Waals surface area contributed by atoms with E-state index < -0.39 is 0 Å². The predicted octanol–water partition coefficient (Wildman–Crippen LogP) is 1.60. The van der Waals surface area contributed by atoms with Crippen LogP contribution in [-0.2, 0) is 13.1 Å². The van der Waals surface area contributed by atoms with Crippen LogP contribution in [0.3, 0.4) is 0 Å². The van der Waals surface area contributed by atoms with Crippen molar-refractivity contribution in [3.63, 3.8) is 0 Å². The zero-order valence-electron chi connectivity index (χ0n) is 12.7. The van der Waals surface area contributed by atoms with Gasteiger partial charge in [0, 0.05) is 37.4 Å². The van der Waals surface area contributed by atoms with Gasteiger partial charge in [-0.15, -0.1) is 0 Å². The molecular formula is C15H22N6. The molecular weight excluding hydrogens is 264 g/mol. The highest BCUT2D eigenvalue weighted by atomic mass is 15.2. The Morgan fingerprint density at radius 1 is 1.29 bits per heavy atom. The number of hydrogen-bond acceptors (Lipinski definition) is 5. The summed E-state index contributed by atoms with van der Waals surface area (Å²) in [6.45, 7) is 2.82. The van der Waals surface area contributed by atoms with Crippen molar-refractivity contribution in [1.82, 2.24) is 29.7 Å². The topological polar surface area (TPSA) is 60.9 Å². The van der Waals surface area contributed by atoms with Crippen LogP contribution in [0, 0.1) is 0 Å². The van der Waals surface area contributed by atoms with Crippen molar-refractivity contribution < 1.29 is 0 Å². The summed E-state index contributed by atoms with van der Waals surface area (Å²) in [4.78, 5) is 21.0. The van der Waals surface area contributed by atoms with Crippen molar-refractivity contribution >= 4 is 0 Å². The molecule has 1 fully saturated rings. The molecule has 1 unspecified atom stereocenters. The van der Waals surface area contributed by atoms with Crippen molar-refractivity contribution in [2.45, 2.75) is 32.0 Å². The number of H-pyrrole nitrogens is 1. The van der Waals surface area contributed by atoms with E-state index in [9.17, 15) is 0 Å². The lowest BCUT2D eigenvalue weighted by Crippen LogP contribution is -2.24. The van der Waals surface area contributed by atoms with Crippen molar-refractivity contribution in [3.05, 3.63) is 42.0 Å². The van der Waals surface area contributed by atoms with Crippen LogP contribution in [0.1, 0.15) is 36.0 Å². The minimum Gasteiger partial charge on any atom is -0.347 e. The lowest BCUT2D eigenvalue weighted by molar-refractivity contribution is 0.240. The Morgan fingerprint density at radius 3 is 2.95 bits per heavy atom. The molecule has 0 aromatic carbocycles. The van der Waals surface area contributed by atoms with Crippen LogP contribution in [-0.4, -0.2) is 50.4 Å². The van der Waals surface area contributed by atoms with E-state index in [-0.39, 0.29) is 0 Å². The van der Waals surface area contributed by atoms with Gasteiger partial charge in [0.1, 0.15) is 0 Å². The second kappa shape index (κ2) is 6.32. The van der Waals surface area contributed by atoms with Crippen LogP contribution < -0.4 is 0 Å². The van der Waals surface area contributed by atoms with Crippen LogP contribution in [0.25, 0.3) is 0 Å². The van der Waals surface area contributed by atoms with Crippen LogP contribution in [0.2, 0.25) is 0 Å². The maximum atomic E-state index is 4.80. The molecule has 6 heteroatoms. The monoisotopic (exact) mass is 286 g/mol. The van der Waals surface area contributed by atoms with E-state index in [0.717, 1.165) is 43.1 Å². The number of imidazole rings is 1. The number of nitrogens with one attached hydrogen (secondary N) is 1. The second-order valence-corrected chi connectivity index (χ2v) is 5.88. The third kappa shape index (κ3) is 3.46. The maximum Gasteiger partial charge on any atom is 0.0922 e. The van der Waals surface area contributed by atoms with Gasteiger partial charge < -0.3 is 9.88 Å². The Kier molecular flexibility index (Phi) is 4.26. The molecule has 3 rings (SSSR count). The molecule has 1 aliphatic heterocycles. The average Bonchev–Trinajstić information content (AvgIpc) is 3.10. The Hall–Kier alpha value is -1.79. The minimum atomic E-state index is 0.364. The highest BCUT2D eigenvalue weighted by Crippen LogP contribution is 2.31. The van der Waals surface area contributed by atoms with Gasteiger partial charge in [0.2, 0.25) is 0 Å². The maximum absolute atomic E-state index is 4.80. The average molecular weight is 286 g/mol. The number of hydrogen-bond donors (Lipinski definition) is 1. The van der Waals surface area contributed by atoms with E-state index in [1.807, 2.05) is 18.6 Å². The first-order valence-electron chi connectivity index (χ1n) is 7.39. The summed E-state index contributed by atoms with van der Waals surface area (Å²) in [5.41, 5.74) is 3.27. The third-order valence-electron chi connectivity index (χ3n) is 3.81. The molecule has 0 saturated carbocycles. The standard InChI is InChI=1S/C15H22N6/c1-20(2)9-13-7-16-8-14(19-13)15-4-3-5-21(15)10-12-6-17-11-18-12/h6-8,11,15H,3-5,9-10H2,1-2H3,(H,17,18). The molecule has 2 aromatic rings. The quantitative estimate of drug-likeness (QED) is 0.904. The Morgan fingerprint density at radius 2 is 2.19 bits per heavy atom. The smallest absolute Gasteiger partial charge is 0.0922 e. The highest BCUT2D eigenvalue weighted by Gasteiger charge is 2.27. The molecule has 0 amide bonds. The summed E-state index contributed by atoms with van der Waals surface area (Å²) in [5, 5.41) is 0. The molecule has 0 spiro atoms. The number of rotatable bonds is 5. The number of likely N-dealkylation sites (tertiary alicyclic amines) is 1. The molecule has 0 bridgehead atoms. The molecule has 2 aromatic heterocycles. The van der Waals surface area contributed by atoms with Gasteiger partial charge >= 0.3 is 0 Å². The van der Waals surface area contributed by atoms with Crippen LogP contribution in [0.4, 0.5) is 0 Å². The fourth-order valence-corrected chi connectivity index (χ4v) is 2.92. The van der Waals surface area contributed by atoms with Gasteiger partial charge in [-0.1, -0.05) is 0 Å². The van der Waals surface area contributed by atoms with E-state index in [1.165, 1.54) is 6.42 Å². The second-order valence-electron chi connectivity index (χ2n) is 5.88. The fraction of sp³-hybridized carbons (Fsp3) is 0.533. The van der Waals surface area contributed by atoms with E-state index >= 15 is 0 Å². The van der Waals surface area contributed by atoms with Crippen LogP contribution in [0.5, 0.6) is 0 Å². The zero-order valence-corrected chi connectivity index (χ0v) is 12.7. The number of aromatic amines is 1. The van der Waals surface area contributed by atoms with Gasteiger partial charge in [0.15, 0.2) is 0 Å². The molecule has 1 saturated heterocycles. The first-order chi connectivity index (χ1) is 10.2. The van der Waals surface area contributed by atoms with Gasteiger partial charge in [0.05, 0.1) is 23.8 Å². The molecule has 1 N–H and O–H groups in total. The summed E-state index contributed by atoms with van der Waals surface area (Å²) >= 11 is 0. The molecule has 6 nitrogen and oxygen atoms in total. The summed E-state index contributed by atoms with van der Waals surface area (Å²) in [6, 6.07) is 0.364. The molecule has 3 heterocycles. The Bertz CT molecular complexity index is 565. The fourth-order valence-electron chi connectivity index (χ4n) is 2.92.